The normalized spacial score (nSPS) is 11.5. The third-order valence-corrected chi connectivity index (χ3v) is 2.94. The lowest BCUT2D eigenvalue weighted by molar-refractivity contribution is -0.274. The van der Waals surface area contributed by atoms with Gasteiger partial charge in [-0.2, -0.15) is 0 Å². The molecular formula is C14H17BrF3NO2. The molecule has 0 radical (unpaired) electrons. The standard InChI is InChI=1S/C14H17BrF3NO2/c1-10(2)9-20-6-5-19-8-11-3-4-13(12(15)7-11)21-14(16,17)18/h3-4,7,19H,1,5-6,8-9H2,2H3. The molecule has 1 aromatic carbocycles. The fourth-order valence-electron chi connectivity index (χ4n) is 1.49. The average Bonchev–Trinajstić information content (AvgIpc) is 2.35. The summed E-state index contributed by atoms with van der Waals surface area (Å²) in [6.45, 7) is 7.85. The van der Waals surface area contributed by atoms with E-state index in [1.807, 2.05) is 6.92 Å². The van der Waals surface area contributed by atoms with Crippen molar-refractivity contribution in [2.75, 3.05) is 19.8 Å². The molecule has 0 aromatic heterocycles. The Morgan fingerprint density at radius 2 is 2.10 bits per heavy atom. The monoisotopic (exact) mass is 367 g/mol. The second-order valence-electron chi connectivity index (χ2n) is 4.50. The smallest absolute Gasteiger partial charge is 0.405 e. The van der Waals surface area contributed by atoms with Gasteiger partial charge in [-0.05, 0) is 40.5 Å². The predicted molar refractivity (Wildman–Crippen MR) is 78.2 cm³/mol. The van der Waals surface area contributed by atoms with Crippen LogP contribution < -0.4 is 10.1 Å². The third kappa shape index (κ3) is 8.08. The molecule has 0 saturated heterocycles. The molecular weight excluding hydrogens is 351 g/mol. The first kappa shape index (κ1) is 18.0. The molecule has 0 aliphatic rings. The molecule has 0 spiro atoms. The minimum Gasteiger partial charge on any atom is -0.405 e. The number of benzene rings is 1. The molecule has 21 heavy (non-hydrogen) atoms. The van der Waals surface area contributed by atoms with Crippen LogP contribution in [-0.2, 0) is 11.3 Å². The van der Waals surface area contributed by atoms with E-state index in [2.05, 4.69) is 32.6 Å². The molecule has 0 unspecified atom stereocenters. The summed E-state index contributed by atoms with van der Waals surface area (Å²) in [5.41, 5.74) is 1.80. The van der Waals surface area contributed by atoms with Crippen molar-refractivity contribution in [3.8, 4) is 5.75 Å². The van der Waals surface area contributed by atoms with E-state index in [0.717, 1.165) is 11.1 Å². The van der Waals surface area contributed by atoms with Crippen LogP contribution in [0, 0.1) is 0 Å². The van der Waals surface area contributed by atoms with E-state index in [1.165, 1.54) is 6.07 Å². The molecule has 1 aromatic rings. The molecule has 0 aliphatic heterocycles. The van der Waals surface area contributed by atoms with E-state index in [4.69, 9.17) is 4.74 Å². The Balaban J connectivity index is 2.37. The summed E-state index contributed by atoms with van der Waals surface area (Å²) < 4.78 is 45.8. The Kier molecular flexibility index (Phi) is 7.21. The lowest BCUT2D eigenvalue weighted by atomic mass is 10.2. The van der Waals surface area contributed by atoms with Crippen molar-refractivity contribution in [1.29, 1.82) is 0 Å². The van der Waals surface area contributed by atoms with Crippen molar-refractivity contribution in [3.05, 3.63) is 40.4 Å². The number of alkyl halides is 3. The van der Waals surface area contributed by atoms with Crippen LogP contribution in [0.15, 0.2) is 34.8 Å². The first-order chi connectivity index (χ1) is 9.78. The maximum absolute atomic E-state index is 12.1. The molecule has 0 heterocycles. The van der Waals surface area contributed by atoms with E-state index in [-0.39, 0.29) is 10.2 Å². The van der Waals surface area contributed by atoms with Crippen LogP contribution in [-0.4, -0.2) is 26.1 Å². The first-order valence-electron chi connectivity index (χ1n) is 6.25. The minimum atomic E-state index is -4.69. The van der Waals surface area contributed by atoms with Crippen molar-refractivity contribution < 1.29 is 22.6 Å². The zero-order valence-electron chi connectivity index (χ0n) is 11.6. The van der Waals surface area contributed by atoms with Gasteiger partial charge in [0.05, 0.1) is 17.7 Å². The number of nitrogens with one attached hydrogen (secondary N) is 1. The zero-order valence-corrected chi connectivity index (χ0v) is 13.2. The highest BCUT2D eigenvalue weighted by molar-refractivity contribution is 9.10. The third-order valence-electron chi connectivity index (χ3n) is 2.32. The lowest BCUT2D eigenvalue weighted by Crippen LogP contribution is -2.20. The maximum atomic E-state index is 12.1. The Bertz CT molecular complexity index is 478. The van der Waals surface area contributed by atoms with Crippen LogP contribution in [0.3, 0.4) is 0 Å². The first-order valence-corrected chi connectivity index (χ1v) is 7.04. The molecule has 3 nitrogen and oxygen atoms in total. The van der Waals surface area contributed by atoms with Crippen molar-refractivity contribution in [2.45, 2.75) is 19.8 Å². The van der Waals surface area contributed by atoms with Gasteiger partial charge in [0, 0.05) is 13.1 Å². The summed E-state index contributed by atoms with van der Waals surface area (Å²) in [6.07, 6.45) is -4.69. The molecule has 7 heteroatoms. The summed E-state index contributed by atoms with van der Waals surface area (Å²) in [4.78, 5) is 0. The van der Waals surface area contributed by atoms with Gasteiger partial charge in [0.2, 0.25) is 0 Å². The van der Waals surface area contributed by atoms with Crippen molar-refractivity contribution >= 4 is 15.9 Å². The van der Waals surface area contributed by atoms with Gasteiger partial charge in [0.1, 0.15) is 5.75 Å². The van der Waals surface area contributed by atoms with Crippen molar-refractivity contribution in [2.24, 2.45) is 0 Å². The van der Waals surface area contributed by atoms with Crippen LogP contribution in [0.1, 0.15) is 12.5 Å². The Labute approximate surface area is 130 Å². The SMILES string of the molecule is C=C(C)COCCNCc1ccc(OC(F)(F)F)c(Br)c1. The fraction of sp³-hybridized carbons (Fsp3) is 0.429. The Morgan fingerprint density at radius 1 is 1.38 bits per heavy atom. The van der Waals surface area contributed by atoms with Gasteiger partial charge in [-0.1, -0.05) is 18.2 Å². The number of ether oxygens (including phenoxy) is 2. The Hall–Kier alpha value is -1.05. The summed E-state index contributed by atoms with van der Waals surface area (Å²) in [5.74, 6) is -0.254. The molecule has 0 bridgehead atoms. The number of rotatable bonds is 8. The van der Waals surface area contributed by atoms with E-state index in [9.17, 15) is 13.2 Å². The highest BCUT2D eigenvalue weighted by Gasteiger charge is 2.31. The number of hydrogen-bond acceptors (Lipinski definition) is 3. The molecule has 0 atom stereocenters. The second-order valence-corrected chi connectivity index (χ2v) is 5.35. The summed E-state index contributed by atoms with van der Waals surface area (Å²) >= 11 is 3.06. The van der Waals surface area contributed by atoms with Gasteiger partial charge in [0.15, 0.2) is 0 Å². The summed E-state index contributed by atoms with van der Waals surface area (Å²) in [7, 11) is 0. The van der Waals surface area contributed by atoms with Crippen LogP contribution in [0.5, 0.6) is 5.75 Å². The minimum absolute atomic E-state index is 0.254. The second kappa shape index (κ2) is 8.41. The molecule has 0 amide bonds. The molecule has 1 rings (SSSR count). The van der Waals surface area contributed by atoms with Gasteiger partial charge < -0.3 is 14.8 Å². The van der Waals surface area contributed by atoms with E-state index >= 15 is 0 Å². The fourth-order valence-corrected chi connectivity index (χ4v) is 1.99. The van der Waals surface area contributed by atoms with Crippen LogP contribution >= 0.6 is 15.9 Å². The van der Waals surface area contributed by atoms with Gasteiger partial charge in [0.25, 0.3) is 0 Å². The highest BCUT2D eigenvalue weighted by Crippen LogP contribution is 2.30. The van der Waals surface area contributed by atoms with Gasteiger partial charge in [-0.25, -0.2) is 0 Å². The largest absolute Gasteiger partial charge is 0.573 e. The zero-order chi connectivity index (χ0) is 15.9. The van der Waals surface area contributed by atoms with Gasteiger partial charge in [-0.15, -0.1) is 13.2 Å². The van der Waals surface area contributed by atoms with E-state index in [0.29, 0.717) is 26.3 Å². The molecule has 0 fully saturated rings. The molecule has 118 valence electrons. The van der Waals surface area contributed by atoms with Crippen molar-refractivity contribution in [3.63, 3.8) is 0 Å². The number of hydrogen-bond donors (Lipinski definition) is 1. The lowest BCUT2D eigenvalue weighted by Gasteiger charge is -2.12. The predicted octanol–water partition coefficient (Wildman–Crippen LogP) is 4.03. The van der Waals surface area contributed by atoms with E-state index < -0.39 is 6.36 Å². The van der Waals surface area contributed by atoms with Crippen molar-refractivity contribution in [1.82, 2.24) is 5.32 Å². The van der Waals surface area contributed by atoms with Gasteiger partial charge >= 0.3 is 6.36 Å². The quantitative estimate of drug-likeness (QED) is 0.555. The topological polar surface area (TPSA) is 30.5 Å². The van der Waals surface area contributed by atoms with Crippen LogP contribution in [0.25, 0.3) is 0 Å². The summed E-state index contributed by atoms with van der Waals surface area (Å²) in [5, 5.41) is 3.13. The molecule has 1 N–H and O–H groups in total. The van der Waals surface area contributed by atoms with E-state index in [1.54, 1.807) is 12.1 Å². The van der Waals surface area contributed by atoms with Gasteiger partial charge in [-0.3, -0.25) is 0 Å². The summed E-state index contributed by atoms with van der Waals surface area (Å²) in [6, 6.07) is 4.45. The highest BCUT2D eigenvalue weighted by atomic mass is 79.9. The number of halogens is 4. The van der Waals surface area contributed by atoms with Crippen LogP contribution in [0.4, 0.5) is 13.2 Å². The van der Waals surface area contributed by atoms with Crippen LogP contribution in [0.2, 0.25) is 0 Å². The maximum Gasteiger partial charge on any atom is 0.573 e. The Morgan fingerprint density at radius 3 is 2.67 bits per heavy atom. The average molecular weight is 368 g/mol. The molecule has 0 saturated carbocycles. The molecule has 0 aliphatic carbocycles.